The van der Waals surface area contributed by atoms with Gasteiger partial charge in [0.15, 0.2) is 9.84 Å². The first kappa shape index (κ1) is 12.6. The highest BCUT2D eigenvalue weighted by molar-refractivity contribution is 7.91. The fourth-order valence-corrected chi connectivity index (χ4v) is 3.43. The number of rotatable bonds is 3. The molecule has 1 aromatic carbocycles. The average Bonchev–Trinajstić information content (AvgIpc) is 2.40. The maximum absolute atomic E-state index is 11.7. The second-order valence-corrected chi connectivity index (χ2v) is 7.09. The lowest BCUT2D eigenvalue weighted by molar-refractivity contribution is 0.443. The highest BCUT2D eigenvalue weighted by atomic mass is 32.2. The van der Waals surface area contributed by atoms with Crippen molar-refractivity contribution in [3.05, 3.63) is 29.8 Å². The molecule has 0 saturated heterocycles. The van der Waals surface area contributed by atoms with Gasteiger partial charge in [0.25, 0.3) is 0 Å². The summed E-state index contributed by atoms with van der Waals surface area (Å²) in [6.07, 6.45) is 6.46. The fourth-order valence-electron chi connectivity index (χ4n) is 2.55. The lowest BCUT2D eigenvalue weighted by Crippen LogP contribution is -2.06. The third-order valence-electron chi connectivity index (χ3n) is 3.70. The normalized spacial score (nSPS) is 18.2. The van der Waals surface area contributed by atoms with E-state index in [1.54, 1.807) is 19.1 Å². The summed E-state index contributed by atoms with van der Waals surface area (Å²) in [7, 11) is -3.05. The molecule has 0 radical (unpaired) electrons. The second-order valence-electron chi connectivity index (χ2n) is 4.81. The van der Waals surface area contributed by atoms with Gasteiger partial charge >= 0.3 is 0 Å². The molecule has 0 unspecified atom stereocenters. The van der Waals surface area contributed by atoms with E-state index < -0.39 is 9.84 Å². The second kappa shape index (κ2) is 5.21. The predicted octanol–water partition coefficient (Wildman–Crippen LogP) is 3.53. The first-order valence-corrected chi connectivity index (χ1v) is 8.11. The van der Waals surface area contributed by atoms with Gasteiger partial charge in [0.2, 0.25) is 0 Å². The van der Waals surface area contributed by atoms with E-state index in [0.717, 1.165) is 0 Å². The van der Waals surface area contributed by atoms with Gasteiger partial charge in [-0.2, -0.15) is 0 Å². The molecule has 0 aromatic heterocycles. The number of benzene rings is 1. The van der Waals surface area contributed by atoms with Crippen LogP contribution in [-0.2, 0) is 9.84 Å². The molecule has 1 aromatic rings. The summed E-state index contributed by atoms with van der Waals surface area (Å²) in [5, 5.41) is 0. The van der Waals surface area contributed by atoms with E-state index in [1.807, 2.05) is 12.1 Å². The molecule has 1 fully saturated rings. The maximum atomic E-state index is 11.7. The summed E-state index contributed by atoms with van der Waals surface area (Å²) in [6, 6.07) is 7.53. The molecule has 3 heteroatoms. The van der Waals surface area contributed by atoms with E-state index in [9.17, 15) is 8.42 Å². The van der Waals surface area contributed by atoms with Gasteiger partial charge in [-0.1, -0.05) is 38.3 Å². The zero-order chi connectivity index (χ0) is 12.3. The molecule has 0 amide bonds. The van der Waals surface area contributed by atoms with Crippen molar-refractivity contribution < 1.29 is 8.42 Å². The van der Waals surface area contributed by atoms with E-state index >= 15 is 0 Å². The molecule has 0 spiro atoms. The highest BCUT2D eigenvalue weighted by Crippen LogP contribution is 2.32. The molecular weight excluding hydrogens is 232 g/mol. The monoisotopic (exact) mass is 252 g/mol. The van der Waals surface area contributed by atoms with Gasteiger partial charge in [-0.05, 0) is 36.5 Å². The van der Waals surface area contributed by atoms with E-state index in [4.69, 9.17) is 0 Å². The summed E-state index contributed by atoms with van der Waals surface area (Å²) < 4.78 is 23.4. The summed E-state index contributed by atoms with van der Waals surface area (Å²) in [5.74, 6) is 0.817. The van der Waals surface area contributed by atoms with Crippen molar-refractivity contribution in [2.45, 2.75) is 49.8 Å². The standard InChI is InChI=1S/C14H20O2S/c1-2-17(15,16)14-10-8-13(9-11-14)12-6-4-3-5-7-12/h8-12H,2-7H2,1H3. The SMILES string of the molecule is CCS(=O)(=O)c1ccc(C2CCCCC2)cc1. The van der Waals surface area contributed by atoms with Crippen LogP contribution in [0.1, 0.15) is 50.5 Å². The Balaban J connectivity index is 2.18. The highest BCUT2D eigenvalue weighted by Gasteiger charge is 2.16. The van der Waals surface area contributed by atoms with Crippen LogP contribution in [0.4, 0.5) is 0 Å². The van der Waals surface area contributed by atoms with Gasteiger partial charge in [-0.25, -0.2) is 8.42 Å². The number of sulfone groups is 1. The lowest BCUT2D eigenvalue weighted by atomic mass is 9.84. The Kier molecular flexibility index (Phi) is 3.87. The Labute approximate surface area is 104 Å². The molecule has 1 aliphatic rings. The van der Waals surface area contributed by atoms with Crippen LogP contribution in [0.25, 0.3) is 0 Å². The minimum atomic E-state index is -3.05. The zero-order valence-electron chi connectivity index (χ0n) is 10.4. The van der Waals surface area contributed by atoms with Crippen molar-refractivity contribution in [3.8, 4) is 0 Å². The molecule has 2 nitrogen and oxygen atoms in total. The van der Waals surface area contributed by atoms with Gasteiger partial charge in [0, 0.05) is 0 Å². The average molecular weight is 252 g/mol. The molecule has 0 atom stereocenters. The maximum Gasteiger partial charge on any atom is 0.178 e. The molecule has 2 rings (SSSR count). The Bertz CT molecular complexity index is 454. The van der Waals surface area contributed by atoms with Crippen LogP contribution in [0, 0.1) is 0 Å². The topological polar surface area (TPSA) is 34.1 Å². The quantitative estimate of drug-likeness (QED) is 0.824. The Hall–Kier alpha value is -0.830. The van der Waals surface area contributed by atoms with Gasteiger partial charge in [0.05, 0.1) is 10.6 Å². The fraction of sp³-hybridized carbons (Fsp3) is 0.571. The summed E-state index contributed by atoms with van der Waals surface area (Å²) >= 11 is 0. The number of hydrogen-bond donors (Lipinski definition) is 0. The van der Waals surface area contributed by atoms with Crippen LogP contribution >= 0.6 is 0 Å². The molecule has 0 bridgehead atoms. The van der Waals surface area contributed by atoms with Crippen LogP contribution in [0.3, 0.4) is 0 Å². The minimum absolute atomic E-state index is 0.176. The summed E-state index contributed by atoms with van der Waals surface area (Å²) in [6.45, 7) is 1.68. The molecule has 1 aliphatic carbocycles. The first-order chi connectivity index (χ1) is 8.13. The van der Waals surface area contributed by atoms with Crippen molar-refractivity contribution in [1.29, 1.82) is 0 Å². The predicted molar refractivity (Wildman–Crippen MR) is 70.0 cm³/mol. The van der Waals surface area contributed by atoms with Crippen molar-refractivity contribution in [3.63, 3.8) is 0 Å². The van der Waals surface area contributed by atoms with Gasteiger partial charge in [-0.3, -0.25) is 0 Å². The van der Waals surface area contributed by atoms with Crippen LogP contribution in [0.2, 0.25) is 0 Å². The largest absolute Gasteiger partial charge is 0.224 e. The van der Waals surface area contributed by atoms with Crippen LogP contribution in [0.15, 0.2) is 29.2 Å². The third kappa shape index (κ3) is 2.89. The third-order valence-corrected chi connectivity index (χ3v) is 5.45. The Morgan fingerprint density at radius 1 is 1.06 bits per heavy atom. The molecule has 0 N–H and O–H groups in total. The Morgan fingerprint density at radius 3 is 2.18 bits per heavy atom. The molecule has 0 heterocycles. The summed E-state index contributed by atoms with van der Waals surface area (Å²) in [4.78, 5) is 0.458. The first-order valence-electron chi connectivity index (χ1n) is 6.46. The van der Waals surface area contributed by atoms with Crippen LogP contribution in [0.5, 0.6) is 0 Å². The minimum Gasteiger partial charge on any atom is -0.224 e. The van der Waals surface area contributed by atoms with Crippen molar-refractivity contribution in [2.75, 3.05) is 5.75 Å². The molecule has 1 saturated carbocycles. The lowest BCUT2D eigenvalue weighted by Gasteiger charge is -2.22. The van der Waals surface area contributed by atoms with Gasteiger partial charge in [-0.15, -0.1) is 0 Å². The number of hydrogen-bond acceptors (Lipinski definition) is 2. The van der Waals surface area contributed by atoms with E-state index in [-0.39, 0.29) is 5.75 Å². The molecule has 94 valence electrons. The van der Waals surface area contributed by atoms with Crippen LogP contribution in [-0.4, -0.2) is 14.2 Å². The van der Waals surface area contributed by atoms with E-state index in [2.05, 4.69) is 0 Å². The van der Waals surface area contributed by atoms with Gasteiger partial charge in [0.1, 0.15) is 0 Å². The van der Waals surface area contributed by atoms with Gasteiger partial charge < -0.3 is 0 Å². The molecular formula is C14H20O2S. The Morgan fingerprint density at radius 2 is 1.65 bits per heavy atom. The van der Waals surface area contributed by atoms with Crippen molar-refractivity contribution >= 4 is 9.84 Å². The zero-order valence-corrected chi connectivity index (χ0v) is 11.2. The van der Waals surface area contributed by atoms with Crippen molar-refractivity contribution in [2.24, 2.45) is 0 Å². The molecule has 17 heavy (non-hydrogen) atoms. The van der Waals surface area contributed by atoms with Crippen LogP contribution < -0.4 is 0 Å². The van der Waals surface area contributed by atoms with Crippen molar-refractivity contribution in [1.82, 2.24) is 0 Å². The molecule has 0 aliphatic heterocycles. The van der Waals surface area contributed by atoms with E-state index in [0.29, 0.717) is 10.8 Å². The smallest absolute Gasteiger partial charge is 0.178 e. The van der Waals surface area contributed by atoms with E-state index in [1.165, 1.54) is 37.7 Å². The summed E-state index contributed by atoms with van der Waals surface area (Å²) in [5.41, 5.74) is 1.31.